The smallest absolute Gasteiger partial charge is 0.223 e. The highest BCUT2D eigenvalue weighted by Crippen LogP contribution is 2.28. The Morgan fingerprint density at radius 1 is 1.10 bits per heavy atom. The van der Waals surface area contributed by atoms with E-state index in [0.717, 1.165) is 32.2 Å². The van der Waals surface area contributed by atoms with Crippen molar-refractivity contribution in [1.29, 1.82) is 0 Å². The van der Waals surface area contributed by atoms with Gasteiger partial charge in [-0.25, -0.2) is 0 Å². The largest absolute Gasteiger partial charge is 0.372 e. The van der Waals surface area contributed by atoms with Crippen molar-refractivity contribution in [3.8, 4) is 0 Å². The van der Waals surface area contributed by atoms with Crippen molar-refractivity contribution >= 4 is 11.6 Å². The fourth-order valence-corrected chi connectivity index (χ4v) is 3.02. The van der Waals surface area contributed by atoms with E-state index in [-0.39, 0.29) is 5.91 Å². The molecular weight excluding hydrogens is 260 g/mol. The molecule has 1 aromatic carbocycles. The van der Waals surface area contributed by atoms with E-state index >= 15 is 0 Å². The lowest BCUT2D eigenvalue weighted by atomic mass is 10.1. The maximum atomic E-state index is 11.5. The molecule has 2 fully saturated rings. The zero-order valence-corrected chi connectivity index (χ0v) is 12.8. The third-order valence-corrected chi connectivity index (χ3v) is 4.55. The molecule has 0 aromatic heterocycles. The van der Waals surface area contributed by atoms with Crippen molar-refractivity contribution in [2.45, 2.75) is 44.9 Å². The number of carbonyl (C=O) groups excluding carboxylic acids is 1. The van der Waals surface area contributed by atoms with Gasteiger partial charge in [-0.2, -0.15) is 0 Å². The van der Waals surface area contributed by atoms with Crippen molar-refractivity contribution in [3.63, 3.8) is 0 Å². The Morgan fingerprint density at radius 3 is 2.48 bits per heavy atom. The van der Waals surface area contributed by atoms with E-state index in [2.05, 4.69) is 34.5 Å². The minimum atomic E-state index is 0.260. The van der Waals surface area contributed by atoms with E-state index in [1.54, 1.807) is 0 Å². The molecule has 1 aliphatic carbocycles. The molecule has 1 N–H and O–H groups in total. The summed E-state index contributed by atoms with van der Waals surface area (Å²) >= 11 is 0. The van der Waals surface area contributed by atoms with Gasteiger partial charge < -0.3 is 10.2 Å². The number of piperidine rings is 1. The van der Waals surface area contributed by atoms with Gasteiger partial charge in [0, 0.05) is 31.2 Å². The Hall–Kier alpha value is -1.51. The highest BCUT2D eigenvalue weighted by atomic mass is 16.2. The molecule has 0 spiro atoms. The van der Waals surface area contributed by atoms with Crippen LogP contribution in [0.25, 0.3) is 0 Å². The third kappa shape index (κ3) is 4.23. The lowest BCUT2D eigenvalue weighted by Gasteiger charge is -2.28. The van der Waals surface area contributed by atoms with Crippen LogP contribution in [-0.2, 0) is 11.2 Å². The van der Waals surface area contributed by atoms with E-state index < -0.39 is 0 Å². The molecule has 1 amide bonds. The summed E-state index contributed by atoms with van der Waals surface area (Å²) in [6, 6.07) is 8.99. The van der Waals surface area contributed by atoms with E-state index in [4.69, 9.17) is 0 Å². The van der Waals surface area contributed by atoms with Crippen LogP contribution in [-0.4, -0.2) is 25.5 Å². The van der Waals surface area contributed by atoms with Crippen molar-refractivity contribution in [1.82, 2.24) is 5.32 Å². The second-order valence-electron chi connectivity index (χ2n) is 6.38. The quantitative estimate of drug-likeness (QED) is 0.815. The number of nitrogens with zero attached hydrogens (tertiary/aromatic N) is 1. The highest BCUT2D eigenvalue weighted by Gasteiger charge is 2.28. The van der Waals surface area contributed by atoms with Crippen LogP contribution in [0.4, 0.5) is 5.69 Å². The summed E-state index contributed by atoms with van der Waals surface area (Å²) in [6.45, 7) is 3.21. The molecule has 0 atom stereocenters. The second-order valence-corrected chi connectivity index (χ2v) is 6.38. The maximum absolute atomic E-state index is 11.5. The van der Waals surface area contributed by atoms with Gasteiger partial charge in [-0.15, -0.1) is 0 Å². The van der Waals surface area contributed by atoms with Gasteiger partial charge in [0.25, 0.3) is 0 Å². The van der Waals surface area contributed by atoms with Crippen molar-refractivity contribution in [2.75, 3.05) is 24.5 Å². The molecule has 1 saturated heterocycles. The van der Waals surface area contributed by atoms with Crippen LogP contribution in [0.15, 0.2) is 24.3 Å². The molecular formula is C18H26N2O. The van der Waals surface area contributed by atoms with Crippen LogP contribution in [0, 0.1) is 5.92 Å². The average Bonchev–Trinajstić information content (AvgIpc) is 3.38. The predicted octanol–water partition coefficient (Wildman–Crippen LogP) is 3.14. The number of rotatable bonds is 6. The Morgan fingerprint density at radius 2 is 1.81 bits per heavy atom. The van der Waals surface area contributed by atoms with Gasteiger partial charge in [-0.3, -0.25) is 4.79 Å². The Labute approximate surface area is 127 Å². The summed E-state index contributed by atoms with van der Waals surface area (Å²) < 4.78 is 0. The monoisotopic (exact) mass is 286 g/mol. The molecule has 3 rings (SSSR count). The lowest BCUT2D eigenvalue weighted by molar-refractivity contribution is -0.122. The van der Waals surface area contributed by atoms with Gasteiger partial charge in [0.05, 0.1) is 0 Å². The molecule has 21 heavy (non-hydrogen) atoms. The summed E-state index contributed by atoms with van der Waals surface area (Å²) in [5, 5.41) is 3.03. The summed E-state index contributed by atoms with van der Waals surface area (Å²) in [7, 11) is 0. The van der Waals surface area contributed by atoms with Gasteiger partial charge in [-0.1, -0.05) is 12.1 Å². The average molecular weight is 286 g/mol. The van der Waals surface area contributed by atoms with Gasteiger partial charge in [0.15, 0.2) is 0 Å². The zero-order chi connectivity index (χ0) is 14.5. The topological polar surface area (TPSA) is 32.3 Å². The first-order valence-electron chi connectivity index (χ1n) is 8.44. The second kappa shape index (κ2) is 6.97. The van der Waals surface area contributed by atoms with Gasteiger partial charge >= 0.3 is 0 Å². The number of amides is 1. The Kier molecular flexibility index (Phi) is 4.79. The van der Waals surface area contributed by atoms with E-state index in [1.165, 1.54) is 43.6 Å². The number of aryl methyl sites for hydroxylation is 1. The van der Waals surface area contributed by atoms with Gasteiger partial charge in [0.2, 0.25) is 5.91 Å². The van der Waals surface area contributed by atoms with Crippen LogP contribution in [0.1, 0.15) is 44.1 Å². The zero-order valence-electron chi connectivity index (χ0n) is 12.8. The van der Waals surface area contributed by atoms with Crippen LogP contribution in [0.2, 0.25) is 0 Å². The molecule has 1 aromatic rings. The standard InChI is InChI=1S/C18H26N2O/c21-18(16-8-9-16)19-12-4-5-15-6-10-17(11-7-15)20-13-2-1-3-14-20/h6-7,10-11,16H,1-5,8-9,12-14H2,(H,19,21). The number of hydrogen-bond donors (Lipinski definition) is 1. The molecule has 1 saturated carbocycles. The molecule has 3 nitrogen and oxygen atoms in total. The minimum Gasteiger partial charge on any atom is -0.372 e. The first-order valence-corrected chi connectivity index (χ1v) is 8.44. The molecule has 0 radical (unpaired) electrons. The molecule has 1 heterocycles. The van der Waals surface area contributed by atoms with Crippen LogP contribution in [0.3, 0.4) is 0 Å². The normalized spacial score (nSPS) is 18.6. The molecule has 0 bridgehead atoms. The Bertz CT molecular complexity index is 459. The van der Waals surface area contributed by atoms with Crippen LogP contribution in [0.5, 0.6) is 0 Å². The molecule has 114 valence electrons. The third-order valence-electron chi connectivity index (χ3n) is 4.55. The minimum absolute atomic E-state index is 0.260. The van der Waals surface area contributed by atoms with E-state index in [9.17, 15) is 4.79 Å². The molecule has 1 aliphatic heterocycles. The van der Waals surface area contributed by atoms with Gasteiger partial charge in [0.1, 0.15) is 0 Å². The van der Waals surface area contributed by atoms with Crippen molar-refractivity contribution in [2.24, 2.45) is 5.92 Å². The first-order chi connectivity index (χ1) is 10.3. The fourth-order valence-electron chi connectivity index (χ4n) is 3.02. The summed E-state index contributed by atoms with van der Waals surface area (Å²) in [5.74, 6) is 0.587. The fraction of sp³-hybridized carbons (Fsp3) is 0.611. The van der Waals surface area contributed by atoms with Crippen LogP contribution >= 0.6 is 0 Å². The SMILES string of the molecule is O=C(NCCCc1ccc(N2CCCCC2)cc1)C1CC1. The van der Waals surface area contributed by atoms with Crippen molar-refractivity contribution in [3.05, 3.63) is 29.8 Å². The number of hydrogen-bond acceptors (Lipinski definition) is 2. The van der Waals surface area contributed by atoms with Crippen molar-refractivity contribution < 1.29 is 4.79 Å². The number of anilines is 1. The maximum Gasteiger partial charge on any atom is 0.223 e. The lowest BCUT2D eigenvalue weighted by Crippen LogP contribution is -2.29. The summed E-state index contributed by atoms with van der Waals surface area (Å²) in [6.07, 6.45) is 8.27. The first kappa shape index (κ1) is 14.4. The summed E-state index contributed by atoms with van der Waals surface area (Å²) in [4.78, 5) is 14.0. The highest BCUT2D eigenvalue weighted by molar-refractivity contribution is 5.80. The molecule has 2 aliphatic rings. The summed E-state index contributed by atoms with van der Waals surface area (Å²) in [5.41, 5.74) is 2.73. The molecule has 0 unspecified atom stereocenters. The van der Waals surface area contributed by atoms with E-state index in [1.807, 2.05) is 0 Å². The van der Waals surface area contributed by atoms with E-state index in [0.29, 0.717) is 5.92 Å². The number of nitrogens with one attached hydrogen (secondary N) is 1. The number of carbonyl (C=O) groups is 1. The Balaban J connectivity index is 1.40. The number of benzene rings is 1. The molecule has 3 heteroatoms. The predicted molar refractivity (Wildman–Crippen MR) is 86.6 cm³/mol. The van der Waals surface area contributed by atoms with Crippen LogP contribution < -0.4 is 10.2 Å². The van der Waals surface area contributed by atoms with Gasteiger partial charge in [-0.05, 0) is 62.6 Å².